The number of carbonyl (C=O) groups excluding carboxylic acids is 1. The Morgan fingerprint density at radius 1 is 1.11 bits per heavy atom. The van der Waals surface area contributed by atoms with Gasteiger partial charge in [-0.1, -0.05) is 15.9 Å². The van der Waals surface area contributed by atoms with E-state index in [-0.39, 0.29) is 18.2 Å². The molecule has 0 radical (unpaired) electrons. The first-order valence-electron chi connectivity index (χ1n) is 7.49. The van der Waals surface area contributed by atoms with Crippen molar-refractivity contribution in [2.45, 2.75) is 6.36 Å². The van der Waals surface area contributed by atoms with Crippen LogP contribution in [0.15, 0.2) is 53.3 Å². The summed E-state index contributed by atoms with van der Waals surface area (Å²) in [6.45, 7) is -0.334. The van der Waals surface area contributed by atoms with E-state index in [0.29, 0.717) is 16.6 Å². The van der Waals surface area contributed by atoms with Gasteiger partial charge in [0.1, 0.15) is 12.1 Å². The zero-order valence-electron chi connectivity index (χ0n) is 13.5. The predicted octanol–water partition coefficient (Wildman–Crippen LogP) is 4.31. The number of halogens is 4. The lowest BCUT2D eigenvalue weighted by Gasteiger charge is -2.10. The summed E-state index contributed by atoms with van der Waals surface area (Å²) in [6.07, 6.45) is -3.45. The van der Waals surface area contributed by atoms with Crippen LogP contribution >= 0.6 is 15.9 Å². The summed E-state index contributed by atoms with van der Waals surface area (Å²) in [5.74, 6) is -0.638. The van der Waals surface area contributed by atoms with Gasteiger partial charge in [0, 0.05) is 10.2 Å². The lowest BCUT2D eigenvalue weighted by atomic mass is 10.2. The number of fused-ring (bicyclic) bond motifs is 1. The Labute approximate surface area is 159 Å². The molecule has 1 heterocycles. The van der Waals surface area contributed by atoms with E-state index in [0.717, 1.165) is 16.6 Å². The molecule has 0 aliphatic heterocycles. The number of anilines is 1. The van der Waals surface area contributed by atoms with Crippen LogP contribution in [0.25, 0.3) is 10.9 Å². The Kier molecular flexibility index (Phi) is 5.45. The summed E-state index contributed by atoms with van der Waals surface area (Å²) in [7, 11) is 0. The van der Waals surface area contributed by atoms with Crippen LogP contribution in [0.5, 0.6) is 11.6 Å². The van der Waals surface area contributed by atoms with Crippen LogP contribution in [0, 0.1) is 0 Å². The second-order valence-corrected chi connectivity index (χ2v) is 6.16. The standard InChI is InChI=1S/C17H11BrF3N3O3/c18-10-1-6-14-13(7-10)16(23-9-22-14)26-8-15(25)24-11-2-4-12(5-3-11)27-17(19,20)21/h1-7,9H,8H2,(H,24,25). The molecule has 0 aliphatic rings. The molecule has 1 amide bonds. The van der Waals surface area contributed by atoms with Gasteiger partial charge in [-0.3, -0.25) is 4.79 Å². The largest absolute Gasteiger partial charge is 0.573 e. The van der Waals surface area contributed by atoms with Crippen LogP contribution in [0.2, 0.25) is 0 Å². The highest BCUT2D eigenvalue weighted by molar-refractivity contribution is 9.10. The van der Waals surface area contributed by atoms with E-state index in [1.807, 2.05) is 6.07 Å². The van der Waals surface area contributed by atoms with Crippen LogP contribution in [0.3, 0.4) is 0 Å². The summed E-state index contributed by atoms with van der Waals surface area (Å²) >= 11 is 3.34. The molecular weight excluding hydrogens is 431 g/mol. The number of aromatic nitrogens is 2. The molecule has 1 aromatic heterocycles. The Morgan fingerprint density at radius 2 is 1.85 bits per heavy atom. The fraction of sp³-hybridized carbons (Fsp3) is 0.118. The highest BCUT2D eigenvalue weighted by atomic mass is 79.9. The van der Waals surface area contributed by atoms with Gasteiger partial charge in [0.25, 0.3) is 5.91 Å². The third kappa shape index (κ3) is 5.30. The number of nitrogens with one attached hydrogen (secondary N) is 1. The van der Waals surface area contributed by atoms with E-state index in [9.17, 15) is 18.0 Å². The molecule has 0 bridgehead atoms. The average molecular weight is 442 g/mol. The number of carbonyl (C=O) groups is 1. The predicted molar refractivity (Wildman–Crippen MR) is 94.5 cm³/mol. The molecule has 0 aliphatic carbocycles. The van der Waals surface area contributed by atoms with Crippen molar-refractivity contribution in [2.24, 2.45) is 0 Å². The number of hydrogen-bond donors (Lipinski definition) is 1. The maximum atomic E-state index is 12.1. The van der Waals surface area contributed by atoms with Crippen molar-refractivity contribution < 1.29 is 27.4 Å². The first kappa shape index (κ1) is 18.9. The van der Waals surface area contributed by atoms with E-state index in [2.05, 4.69) is 36.0 Å². The van der Waals surface area contributed by atoms with Gasteiger partial charge < -0.3 is 14.8 Å². The van der Waals surface area contributed by atoms with E-state index < -0.39 is 12.3 Å². The molecule has 3 aromatic rings. The van der Waals surface area contributed by atoms with E-state index in [1.54, 1.807) is 12.1 Å². The Bertz CT molecular complexity index is 965. The number of ether oxygens (including phenoxy) is 2. The van der Waals surface area contributed by atoms with Gasteiger partial charge in [0.05, 0.1) is 10.9 Å². The molecule has 1 N–H and O–H groups in total. The third-order valence-corrected chi connectivity index (χ3v) is 3.77. The minimum Gasteiger partial charge on any atom is -0.467 e. The highest BCUT2D eigenvalue weighted by Crippen LogP contribution is 2.25. The van der Waals surface area contributed by atoms with E-state index in [1.165, 1.54) is 18.5 Å². The quantitative estimate of drug-likeness (QED) is 0.638. The molecule has 0 saturated heterocycles. The molecule has 0 spiro atoms. The first-order valence-corrected chi connectivity index (χ1v) is 8.28. The monoisotopic (exact) mass is 441 g/mol. The Balaban J connectivity index is 1.61. The molecule has 0 fully saturated rings. The smallest absolute Gasteiger partial charge is 0.467 e. The van der Waals surface area contributed by atoms with Crippen molar-refractivity contribution in [3.63, 3.8) is 0 Å². The van der Waals surface area contributed by atoms with Crippen LogP contribution < -0.4 is 14.8 Å². The van der Waals surface area contributed by atoms with Gasteiger partial charge in [-0.05, 0) is 42.5 Å². The van der Waals surface area contributed by atoms with Gasteiger partial charge in [0.2, 0.25) is 5.88 Å². The SMILES string of the molecule is O=C(COc1ncnc2ccc(Br)cc12)Nc1ccc(OC(F)(F)F)cc1. The maximum absolute atomic E-state index is 12.1. The number of alkyl halides is 3. The second kappa shape index (κ2) is 7.78. The van der Waals surface area contributed by atoms with Crippen molar-refractivity contribution in [3.05, 3.63) is 53.3 Å². The summed E-state index contributed by atoms with van der Waals surface area (Å²) in [4.78, 5) is 20.1. The molecular formula is C17H11BrF3N3O3. The van der Waals surface area contributed by atoms with Crippen molar-refractivity contribution in [1.82, 2.24) is 9.97 Å². The first-order chi connectivity index (χ1) is 12.8. The number of rotatable bonds is 5. The number of benzene rings is 2. The van der Waals surface area contributed by atoms with Crippen LogP contribution in [-0.4, -0.2) is 28.8 Å². The van der Waals surface area contributed by atoms with Crippen molar-refractivity contribution in [3.8, 4) is 11.6 Å². The number of amides is 1. The fourth-order valence-corrected chi connectivity index (χ4v) is 2.55. The fourth-order valence-electron chi connectivity index (χ4n) is 2.19. The molecule has 2 aromatic carbocycles. The molecule has 140 valence electrons. The van der Waals surface area contributed by atoms with E-state index in [4.69, 9.17) is 4.74 Å². The summed E-state index contributed by atoms with van der Waals surface area (Å²) in [6, 6.07) is 10.1. The zero-order chi connectivity index (χ0) is 19.4. The maximum Gasteiger partial charge on any atom is 0.573 e. The molecule has 0 unspecified atom stereocenters. The molecule has 10 heteroatoms. The molecule has 0 saturated carbocycles. The molecule has 3 rings (SSSR count). The van der Waals surface area contributed by atoms with Gasteiger partial charge in [-0.2, -0.15) is 0 Å². The van der Waals surface area contributed by atoms with Crippen molar-refractivity contribution >= 4 is 38.4 Å². The Morgan fingerprint density at radius 3 is 2.56 bits per heavy atom. The lowest BCUT2D eigenvalue weighted by molar-refractivity contribution is -0.274. The zero-order valence-corrected chi connectivity index (χ0v) is 15.0. The lowest BCUT2D eigenvalue weighted by Crippen LogP contribution is -2.20. The molecule has 27 heavy (non-hydrogen) atoms. The van der Waals surface area contributed by atoms with Gasteiger partial charge in [-0.15, -0.1) is 13.2 Å². The summed E-state index contributed by atoms with van der Waals surface area (Å²) in [5, 5.41) is 3.14. The minimum atomic E-state index is -4.77. The minimum absolute atomic E-state index is 0.241. The second-order valence-electron chi connectivity index (χ2n) is 5.25. The highest BCUT2D eigenvalue weighted by Gasteiger charge is 2.30. The normalized spacial score (nSPS) is 11.3. The third-order valence-electron chi connectivity index (χ3n) is 3.27. The topological polar surface area (TPSA) is 73.3 Å². The average Bonchev–Trinajstić information content (AvgIpc) is 2.60. The van der Waals surface area contributed by atoms with E-state index >= 15 is 0 Å². The molecule has 6 nitrogen and oxygen atoms in total. The van der Waals surface area contributed by atoms with Gasteiger partial charge in [0.15, 0.2) is 6.61 Å². The van der Waals surface area contributed by atoms with Crippen LogP contribution in [-0.2, 0) is 4.79 Å². The van der Waals surface area contributed by atoms with Gasteiger partial charge >= 0.3 is 6.36 Å². The van der Waals surface area contributed by atoms with Crippen LogP contribution in [0.1, 0.15) is 0 Å². The molecule has 0 atom stereocenters. The Hall–Kier alpha value is -2.88. The van der Waals surface area contributed by atoms with Crippen molar-refractivity contribution in [1.29, 1.82) is 0 Å². The van der Waals surface area contributed by atoms with Crippen molar-refractivity contribution in [2.75, 3.05) is 11.9 Å². The van der Waals surface area contributed by atoms with Gasteiger partial charge in [-0.25, -0.2) is 9.97 Å². The summed E-state index contributed by atoms with van der Waals surface area (Å²) in [5.41, 5.74) is 0.956. The van der Waals surface area contributed by atoms with Crippen LogP contribution in [0.4, 0.5) is 18.9 Å². The summed E-state index contributed by atoms with van der Waals surface area (Å²) < 4.78 is 46.4. The number of nitrogens with zero attached hydrogens (tertiary/aromatic N) is 2. The number of hydrogen-bond acceptors (Lipinski definition) is 5.